The van der Waals surface area contributed by atoms with E-state index in [0.29, 0.717) is 22.3 Å². The van der Waals surface area contributed by atoms with E-state index >= 15 is 0 Å². The van der Waals surface area contributed by atoms with E-state index in [2.05, 4.69) is 74.4 Å². The van der Waals surface area contributed by atoms with E-state index in [1.54, 1.807) is 52.0 Å². The minimum atomic E-state index is -1.46. The van der Waals surface area contributed by atoms with Gasteiger partial charge in [-0.2, -0.15) is 0 Å². The van der Waals surface area contributed by atoms with Gasteiger partial charge in [0, 0.05) is 51.9 Å². The second-order valence-electron chi connectivity index (χ2n) is 30.8. The largest absolute Gasteiger partial charge is 0.508 e. The smallest absolute Gasteiger partial charge is 0.328 e. The zero-order valence-corrected chi connectivity index (χ0v) is 70.8. The zero-order valence-electron chi connectivity index (χ0n) is 70.8. The lowest BCUT2D eigenvalue weighted by Gasteiger charge is -2.28. The number of phenols is 4. The molecule has 4 aromatic carbocycles. The van der Waals surface area contributed by atoms with Crippen molar-refractivity contribution < 1.29 is 87.4 Å². The Kier molecular flexibility index (Phi) is 45.0. The summed E-state index contributed by atoms with van der Waals surface area (Å²) in [5.74, 6) is -12.5. The standard InChI is InChI=1S/C82H126N24O18/c1-45(2)39-61(73(117)97-59(17-11-37-95-81(89)90)71(115)105-65(77(121)123-5)43-49-23-31-53(109)32-24-49)103-69(113)57(15-9-35-93-79(85)86)99-75(119)63(41-47-19-27-51(107)28-20-47)101-67(111)55(83)13-7-8-14-56(84)68(112)102-64(42-48-21-29-52(108)30-22-48)76(120)100-58(16-10-36-94-80(87)88)70(114)104-62(40-46(3)4)74(118)98-60(18-12-38-96-82(91)92)72(116)106-66(78(122)124-6)44-50-25-33-54(110)34-26-50/h19-34,45-46,55-66,107-110H,7-18,35-44,83-84H2,1-6H3,(H,97,117)(H,98,118)(H,99,119)(H,100,120)(H,101,111)(H,102,112)(H,103,113)(H,104,114)(H,105,115)(H,106,116)(H4,85,86,93)(H4,87,88,94)(H4,89,90,95)(H4,91,92,96)/t55-,56-,57-,58-,59-,60-,61-,62-,63-,64-,65-,66-/m0/s1. The van der Waals surface area contributed by atoms with Crippen molar-refractivity contribution in [3.8, 4) is 23.0 Å². The maximum absolute atomic E-state index is 14.7. The Hall–Kier alpha value is -13.3. The van der Waals surface area contributed by atoms with Crippen molar-refractivity contribution >= 4 is 94.8 Å². The van der Waals surface area contributed by atoms with Gasteiger partial charge in [-0.25, -0.2) is 9.59 Å². The van der Waals surface area contributed by atoms with Crippen LogP contribution in [0.1, 0.15) is 140 Å². The van der Waals surface area contributed by atoms with E-state index in [9.17, 15) is 78.0 Å². The number of carbonyl (C=O) groups is 12. The second-order valence-corrected chi connectivity index (χ2v) is 30.8. The van der Waals surface area contributed by atoms with Crippen LogP contribution in [0.4, 0.5) is 0 Å². The normalized spacial score (nSPS) is 13.9. The Labute approximate surface area is 720 Å². The minimum Gasteiger partial charge on any atom is -0.508 e. The maximum Gasteiger partial charge on any atom is 0.328 e. The molecule has 0 saturated carbocycles. The number of nitrogens with two attached hydrogens (primary N) is 6. The first-order valence-electron chi connectivity index (χ1n) is 40.9. The number of ether oxygens (including phenoxy) is 2. The topological polar surface area (TPSA) is 724 Å². The first-order valence-corrected chi connectivity index (χ1v) is 40.9. The van der Waals surface area contributed by atoms with Gasteiger partial charge in [0.25, 0.3) is 0 Å². The first-order chi connectivity index (χ1) is 58.7. The molecule has 0 fully saturated rings. The molecule has 0 aliphatic rings. The number of benzene rings is 4. The van der Waals surface area contributed by atoms with Gasteiger partial charge in [-0.3, -0.25) is 69.6 Å². The molecule has 0 bridgehead atoms. The fourth-order valence-corrected chi connectivity index (χ4v) is 12.9. The number of guanidine groups is 4. The SMILES string of the molecule is COC(=O)[C@H](Cc1ccc(O)cc1)NC(=O)[C@H](CCCNC(=N)N)NC(=O)[C@H](CC(C)C)NC(=O)[C@H](CCCNC(=N)N)NC(=O)[C@H](Cc1ccc(O)cc1)NC(=O)[C@@H](N)CCCC[C@H](N)C(=O)N[C@@H](Cc1ccc(O)cc1)C(=O)N[C@@H](CCCNC(=N)N)C(=O)N[C@@H](CC(C)C)C(=O)N[C@@H](CCCNC(=N)N)C(=O)N[C@@H](Cc1ccc(O)cc1)C(=O)OC. The second kappa shape index (κ2) is 54.2. The van der Waals surface area contributed by atoms with Gasteiger partial charge in [0.2, 0.25) is 59.1 Å². The summed E-state index contributed by atoms with van der Waals surface area (Å²) in [6.07, 6.45) is -0.234. The van der Waals surface area contributed by atoms with E-state index in [1.807, 2.05) is 0 Å². The van der Waals surface area contributed by atoms with Crippen molar-refractivity contribution in [3.63, 3.8) is 0 Å². The average molecular weight is 1740 g/mol. The third-order valence-electron chi connectivity index (χ3n) is 19.5. The van der Waals surface area contributed by atoms with E-state index in [1.165, 1.54) is 72.8 Å². The number of methoxy groups -OCH3 is 2. The molecule has 0 radical (unpaired) electrons. The predicted molar refractivity (Wildman–Crippen MR) is 461 cm³/mol. The van der Waals surface area contributed by atoms with Gasteiger partial charge in [0.1, 0.15) is 83.4 Å². The van der Waals surface area contributed by atoms with Crippen molar-refractivity contribution in [3.05, 3.63) is 119 Å². The highest BCUT2D eigenvalue weighted by molar-refractivity contribution is 5.99. The van der Waals surface area contributed by atoms with Crippen LogP contribution < -0.4 is 109 Å². The fourth-order valence-electron chi connectivity index (χ4n) is 12.9. The van der Waals surface area contributed by atoms with Gasteiger partial charge < -0.3 is 139 Å². The third-order valence-corrected chi connectivity index (χ3v) is 19.5. The number of unbranched alkanes of at least 4 members (excludes halogenated alkanes) is 1. The van der Waals surface area contributed by atoms with Crippen molar-refractivity contribution in [2.45, 2.75) is 216 Å². The molecule has 0 spiro atoms. The van der Waals surface area contributed by atoms with Crippen LogP contribution in [-0.4, -0.2) is 228 Å². The van der Waals surface area contributed by atoms with E-state index in [0.717, 1.165) is 14.2 Å². The molecule has 10 amide bonds. The van der Waals surface area contributed by atoms with Crippen molar-refractivity contribution in [1.29, 1.82) is 21.6 Å². The summed E-state index contributed by atoms with van der Waals surface area (Å²) in [7, 11) is 2.25. The Morgan fingerprint density at radius 3 is 0.702 bits per heavy atom. The molecule has 12 atom stereocenters. The third kappa shape index (κ3) is 39.9. The van der Waals surface area contributed by atoms with Crippen LogP contribution in [0.5, 0.6) is 23.0 Å². The van der Waals surface area contributed by atoms with Crippen molar-refractivity contribution in [2.75, 3.05) is 40.4 Å². The number of rotatable bonds is 55. The molecular formula is C82H126N24O18. The summed E-state index contributed by atoms with van der Waals surface area (Å²) in [6, 6.07) is 6.73. The van der Waals surface area contributed by atoms with Crippen LogP contribution in [0.15, 0.2) is 97.1 Å². The fraction of sp³-hybridized carbons (Fsp3) is 0.512. The summed E-state index contributed by atoms with van der Waals surface area (Å²) < 4.78 is 9.97. The molecule has 682 valence electrons. The molecule has 0 saturated heterocycles. The molecule has 0 aliphatic heterocycles. The van der Waals surface area contributed by atoms with Crippen LogP contribution in [0, 0.1) is 33.5 Å². The summed E-state index contributed by atoms with van der Waals surface area (Å²) in [5, 5.41) is 108. The summed E-state index contributed by atoms with van der Waals surface area (Å²) in [4.78, 5) is 171. The lowest BCUT2D eigenvalue weighted by molar-refractivity contribution is -0.145. The van der Waals surface area contributed by atoms with Gasteiger partial charge in [0.05, 0.1) is 26.3 Å². The molecule has 34 N–H and O–H groups in total. The Morgan fingerprint density at radius 2 is 0.484 bits per heavy atom. The quantitative estimate of drug-likeness (QED) is 0.00928. The molecule has 4 rings (SSSR count). The first kappa shape index (κ1) is 103. The molecule has 0 unspecified atom stereocenters. The average Bonchev–Trinajstić information content (AvgIpc) is 0.844. The van der Waals surface area contributed by atoms with Crippen LogP contribution in [0.2, 0.25) is 0 Å². The van der Waals surface area contributed by atoms with Gasteiger partial charge in [0.15, 0.2) is 23.8 Å². The lowest BCUT2D eigenvalue weighted by atomic mass is 10.00. The van der Waals surface area contributed by atoms with Crippen LogP contribution in [0.25, 0.3) is 0 Å². The van der Waals surface area contributed by atoms with Crippen LogP contribution >= 0.6 is 0 Å². The maximum atomic E-state index is 14.7. The molecule has 124 heavy (non-hydrogen) atoms. The van der Waals surface area contributed by atoms with Gasteiger partial charge in [-0.1, -0.05) is 89.1 Å². The molecule has 0 aliphatic carbocycles. The summed E-state index contributed by atoms with van der Waals surface area (Å²) in [5.41, 5.74) is 37.1. The molecule has 42 heteroatoms. The number of esters is 2. The van der Waals surface area contributed by atoms with E-state index in [4.69, 9.17) is 65.5 Å². The van der Waals surface area contributed by atoms with Crippen LogP contribution in [0.3, 0.4) is 0 Å². The van der Waals surface area contributed by atoms with Crippen LogP contribution in [-0.2, 0) is 92.7 Å². The highest BCUT2D eigenvalue weighted by atomic mass is 16.5. The number of hydrogen-bond acceptors (Lipinski definition) is 24. The van der Waals surface area contributed by atoms with Crippen molar-refractivity contribution in [2.24, 2.45) is 46.2 Å². The summed E-state index contributed by atoms with van der Waals surface area (Å²) in [6.45, 7) is 7.37. The van der Waals surface area contributed by atoms with E-state index < -0.39 is 144 Å². The number of aromatic hydroxyl groups is 4. The molecule has 42 nitrogen and oxygen atoms in total. The monoisotopic (exact) mass is 1730 g/mol. The molecule has 0 aromatic heterocycles. The Bertz CT molecular complexity index is 3920. The lowest BCUT2D eigenvalue weighted by Crippen LogP contribution is -2.60. The number of amides is 10. The highest BCUT2D eigenvalue weighted by Crippen LogP contribution is 2.20. The number of nitrogens with one attached hydrogen (secondary N) is 18. The van der Waals surface area contributed by atoms with Gasteiger partial charge in [-0.05, 0) is 160 Å². The van der Waals surface area contributed by atoms with Crippen molar-refractivity contribution in [1.82, 2.24) is 74.4 Å². The van der Waals surface area contributed by atoms with Gasteiger partial charge >= 0.3 is 11.9 Å². The van der Waals surface area contributed by atoms with Gasteiger partial charge in [-0.15, -0.1) is 0 Å². The minimum absolute atomic E-state index is 0.00721. The molecule has 0 heterocycles. The summed E-state index contributed by atoms with van der Waals surface area (Å²) >= 11 is 0. The highest BCUT2D eigenvalue weighted by Gasteiger charge is 2.37. The number of carbonyl (C=O) groups excluding carboxylic acids is 12. The number of phenolic OH excluding ortho intramolecular Hbond substituents is 4. The molecule has 4 aromatic rings. The van der Waals surface area contributed by atoms with E-state index in [-0.39, 0.29) is 200 Å². The zero-order chi connectivity index (χ0) is 92.1. The number of hydrogen-bond donors (Lipinski definition) is 28. The molecular weight excluding hydrogens is 1610 g/mol. The Balaban J connectivity index is 1.56. The predicted octanol–water partition coefficient (Wildman–Crippen LogP) is -2.67. The Morgan fingerprint density at radius 1 is 0.290 bits per heavy atom.